The Bertz CT molecular complexity index is 781. The van der Waals surface area contributed by atoms with Crippen molar-refractivity contribution in [1.29, 1.82) is 0 Å². The highest BCUT2D eigenvalue weighted by Gasteiger charge is 2.39. The summed E-state index contributed by atoms with van der Waals surface area (Å²) in [5.41, 5.74) is 3.04. The molecule has 1 aliphatic heterocycles. The normalized spacial score (nSPS) is 23.5. The third-order valence-corrected chi connectivity index (χ3v) is 5.71. The Morgan fingerprint density at radius 1 is 1.35 bits per heavy atom. The number of pyridine rings is 1. The van der Waals surface area contributed by atoms with Gasteiger partial charge in [-0.3, -0.25) is 4.79 Å². The number of morpholine rings is 1. The van der Waals surface area contributed by atoms with Gasteiger partial charge < -0.3 is 14.0 Å². The Morgan fingerprint density at radius 3 is 2.96 bits per heavy atom. The van der Waals surface area contributed by atoms with Crippen molar-refractivity contribution in [3.05, 3.63) is 35.8 Å². The SMILES string of the molecule is CCCC[C@@H]1CN(C(=O)Cc2cnc3c(C)cccn23)C[C@H](C2CC2)O1. The van der Waals surface area contributed by atoms with Crippen molar-refractivity contribution < 1.29 is 9.53 Å². The summed E-state index contributed by atoms with van der Waals surface area (Å²) in [5.74, 6) is 0.858. The maximum absolute atomic E-state index is 13.0. The van der Waals surface area contributed by atoms with Crippen molar-refractivity contribution in [2.75, 3.05) is 13.1 Å². The predicted molar refractivity (Wildman–Crippen MR) is 101 cm³/mol. The average Bonchev–Trinajstić information content (AvgIpc) is 3.42. The van der Waals surface area contributed by atoms with Crippen LogP contribution in [0.15, 0.2) is 24.5 Å². The number of unbranched alkanes of at least 4 members (excludes halogenated alkanes) is 1. The van der Waals surface area contributed by atoms with E-state index >= 15 is 0 Å². The van der Waals surface area contributed by atoms with Crippen LogP contribution in [0.3, 0.4) is 0 Å². The van der Waals surface area contributed by atoms with E-state index in [0.717, 1.165) is 42.8 Å². The number of carbonyl (C=O) groups is 1. The van der Waals surface area contributed by atoms with Crippen LogP contribution in [-0.4, -0.2) is 45.5 Å². The summed E-state index contributed by atoms with van der Waals surface area (Å²) in [6.45, 7) is 5.74. The molecule has 2 aromatic heterocycles. The number of ether oxygens (including phenoxy) is 1. The summed E-state index contributed by atoms with van der Waals surface area (Å²) in [4.78, 5) is 19.6. The standard InChI is InChI=1S/C21H29N3O2/c1-3-4-7-18-13-23(14-19(26-18)16-8-9-16)20(25)11-17-12-22-21-15(2)6-5-10-24(17)21/h5-6,10,12,16,18-19H,3-4,7-9,11,13-14H2,1-2H3/t18-,19-/m1/s1. The summed E-state index contributed by atoms with van der Waals surface area (Å²) in [5, 5.41) is 0. The van der Waals surface area contributed by atoms with Gasteiger partial charge in [0.2, 0.25) is 5.91 Å². The van der Waals surface area contributed by atoms with E-state index in [1.165, 1.54) is 19.3 Å². The topological polar surface area (TPSA) is 46.8 Å². The van der Waals surface area contributed by atoms with Gasteiger partial charge in [0.1, 0.15) is 5.65 Å². The van der Waals surface area contributed by atoms with Crippen LogP contribution >= 0.6 is 0 Å². The van der Waals surface area contributed by atoms with Crippen molar-refractivity contribution >= 4 is 11.6 Å². The minimum absolute atomic E-state index is 0.197. The third-order valence-electron chi connectivity index (χ3n) is 5.71. The zero-order valence-corrected chi connectivity index (χ0v) is 15.9. The van der Waals surface area contributed by atoms with Gasteiger partial charge in [-0.05, 0) is 43.7 Å². The zero-order chi connectivity index (χ0) is 18.1. The Kier molecular flexibility index (Phi) is 4.98. The van der Waals surface area contributed by atoms with Gasteiger partial charge in [-0.1, -0.05) is 25.8 Å². The summed E-state index contributed by atoms with van der Waals surface area (Å²) >= 11 is 0. The lowest BCUT2D eigenvalue weighted by Gasteiger charge is -2.38. The third kappa shape index (κ3) is 3.63. The van der Waals surface area contributed by atoms with Gasteiger partial charge in [-0.15, -0.1) is 0 Å². The molecular formula is C21H29N3O2. The van der Waals surface area contributed by atoms with Crippen LogP contribution in [0.4, 0.5) is 0 Å². The highest BCUT2D eigenvalue weighted by Crippen LogP contribution is 2.37. The minimum Gasteiger partial charge on any atom is -0.371 e. The molecular weight excluding hydrogens is 326 g/mol. The molecule has 0 spiro atoms. The van der Waals surface area contributed by atoms with E-state index in [0.29, 0.717) is 12.3 Å². The van der Waals surface area contributed by atoms with Crippen LogP contribution in [0.1, 0.15) is 50.3 Å². The molecule has 2 atom stereocenters. The van der Waals surface area contributed by atoms with E-state index in [-0.39, 0.29) is 18.1 Å². The van der Waals surface area contributed by atoms with Crippen LogP contribution < -0.4 is 0 Å². The van der Waals surface area contributed by atoms with E-state index in [1.54, 1.807) is 0 Å². The second-order valence-corrected chi connectivity index (χ2v) is 7.89. The van der Waals surface area contributed by atoms with Crippen molar-refractivity contribution in [1.82, 2.24) is 14.3 Å². The molecule has 2 aliphatic rings. The summed E-state index contributed by atoms with van der Waals surface area (Å²) in [7, 11) is 0. The van der Waals surface area contributed by atoms with Crippen LogP contribution in [0.5, 0.6) is 0 Å². The fraction of sp³-hybridized carbons (Fsp3) is 0.619. The molecule has 1 saturated heterocycles. The number of amides is 1. The zero-order valence-electron chi connectivity index (χ0n) is 15.9. The first kappa shape index (κ1) is 17.5. The van der Waals surface area contributed by atoms with E-state index < -0.39 is 0 Å². The molecule has 0 bridgehead atoms. The molecule has 0 N–H and O–H groups in total. The lowest BCUT2D eigenvalue weighted by Crippen LogP contribution is -2.51. The molecule has 1 aliphatic carbocycles. The highest BCUT2D eigenvalue weighted by atomic mass is 16.5. The maximum atomic E-state index is 13.0. The summed E-state index contributed by atoms with van der Waals surface area (Å²) in [6, 6.07) is 4.06. The van der Waals surface area contributed by atoms with Crippen molar-refractivity contribution in [3.8, 4) is 0 Å². The van der Waals surface area contributed by atoms with Gasteiger partial charge in [0, 0.05) is 25.5 Å². The molecule has 140 valence electrons. The molecule has 1 amide bonds. The Morgan fingerprint density at radius 2 is 2.19 bits per heavy atom. The number of aromatic nitrogens is 2. The van der Waals surface area contributed by atoms with Crippen LogP contribution in [0.25, 0.3) is 5.65 Å². The van der Waals surface area contributed by atoms with Gasteiger partial charge in [-0.25, -0.2) is 4.98 Å². The van der Waals surface area contributed by atoms with Crippen molar-refractivity contribution in [3.63, 3.8) is 0 Å². The largest absolute Gasteiger partial charge is 0.371 e. The molecule has 2 fully saturated rings. The molecule has 0 radical (unpaired) electrons. The minimum atomic E-state index is 0.197. The first-order valence-electron chi connectivity index (χ1n) is 10.0. The molecule has 3 heterocycles. The van der Waals surface area contributed by atoms with E-state index in [2.05, 4.69) is 24.9 Å². The van der Waals surface area contributed by atoms with Crippen LogP contribution in [0, 0.1) is 12.8 Å². The van der Waals surface area contributed by atoms with Crippen LogP contribution in [-0.2, 0) is 16.0 Å². The van der Waals surface area contributed by atoms with Gasteiger partial charge >= 0.3 is 0 Å². The second kappa shape index (κ2) is 7.39. The van der Waals surface area contributed by atoms with Gasteiger partial charge in [0.05, 0.1) is 24.3 Å². The Hall–Kier alpha value is -1.88. The number of nitrogens with zero attached hydrogens (tertiary/aromatic N) is 3. The molecule has 5 heteroatoms. The van der Waals surface area contributed by atoms with Gasteiger partial charge in [0.15, 0.2) is 0 Å². The number of hydrogen-bond donors (Lipinski definition) is 0. The van der Waals surface area contributed by atoms with Gasteiger partial charge in [-0.2, -0.15) is 0 Å². The number of carbonyl (C=O) groups excluding carboxylic acids is 1. The van der Waals surface area contributed by atoms with E-state index in [4.69, 9.17) is 4.74 Å². The smallest absolute Gasteiger partial charge is 0.228 e. The molecule has 1 saturated carbocycles. The average molecular weight is 355 g/mol. The molecule has 2 aromatic rings. The molecule has 4 rings (SSSR count). The monoisotopic (exact) mass is 355 g/mol. The van der Waals surface area contributed by atoms with Crippen molar-refractivity contribution in [2.45, 2.75) is 64.6 Å². The highest BCUT2D eigenvalue weighted by molar-refractivity contribution is 5.79. The first-order chi connectivity index (χ1) is 12.7. The Balaban J connectivity index is 1.47. The Labute approximate surface area is 155 Å². The fourth-order valence-corrected chi connectivity index (χ4v) is 3.99. The number of aryl methyl sites for hydroxylation is 1. The molecule has 26 heavy (non-hydrogen) atoms. The number of hydrogen-bond acceptors (Lipinski definition) is 3. The van der Waals surface area contributed by atoms with Crippen molar-refractivity contribution in [2.24, 2.45) is 5.92 Å². The van der Waals surface area contributed by atoms with Crippen LogP contribution in [0.2, 0.25) is 0 Å². The number of rotatable bonds is 6. The number of imidazole rings is 1. The van der Waals surface area contributed by atoms with E-state index in [1.807, 2.05) is 27.8 Å². The second-order valence-electron chi connectivity index (χ2n) is 7.89. The number of fused-ring (bicyclic) bond motifs is 1. The predicted octanol–water partition coefficient (Wildman–Crippen LogP) is 3.38. The quantitative estimate of drug-likeness (QED) is 0.798. The summed E-state index contributed by atoms with van der Waals surface area (Å²) in [6.07, 6.45) is 10.6. The summed E-state index contributed by atoms with van der Waals surface area (Å²) < 4.78 is 8.34. The molecule has 0 aromatic carbocycles. The molecule has 0 unspecified atom stereocenters. The molecule has 5 nitrogen and oxygen atoms in total. The lowest BCUT2D eigenvalue weighted by molar-refractivity contribution is -0.147. The fourth-order valence-electron chi connectivity index (χ4n) is 3.99. The lowest BCUT2D eigenvalue weighted by atomic mass is 10.1. The van der Waals surface area contributed by atoms with E-state index in [9.17, 15) is 4.79 Å². The first-order valence-corrected chi connectivity index (χ1v) is 10.0. The van der Waals surface area contributed by atoms with Gasteiger partial charge in [0.25, 0.3) is 0 Å². The maximum Gasteiger partial charge on any atom is 0.228 e.